The molecule has 466 valence electrons. The highest BCUT2D eigenvalue weighted by atomic mass is 31.2. The maximum Gasteiger partial charge on any atom is 0.472 e. The molecule has 0 heterocycles. The minimum atomic E-state index is -4.35. The highest BCUT2D eigenvalue weighted by molar-refractivity contribution is 7.47. The molecule has 0 aliphatic heterocycles. The third-order valence-electron chi connectivity index (χ3n) is 15.8. The molecule has 0 fully saturated rings. The molecular formula is C70H136N2O6P+. The Labute approximate surface area is 492 Å². The maximum atomic E-state index is 13.0. The number of nitrogens with one attached hydrogen (secondary N) is 1. The molecule has 3 unspecified atom stereocenters. The minimum Gasteiger partial charge on any atom is -0.387 e. The van der Waals surface area contributed by atoms with E-state index in [4.69, 9.17) is 9.05 Å². The van der Waals surface area contributed by atoms with Crippen LogP contribution >= 0.6 is 7.82 Å². The van der Waals surface area contributed by atoms with Crippen LogP contribution in [0.4, 0.5) is 0 Å². The third-order valence-corrected chi connectivity index (χ3v) is 16.8. The summed E-state index contributed by atoms with van der Waals surface area (Å²) < 4.78 is 23.8. The fourth-order valence-corrected chi connectivity index (χ4v) is 11.1. The van der Waals surface area contributed by atoms with Crippen molar-refractivity contribution in [1.82, 2.24) is 5.32 Å². The largest absolute Gasteiger partial charge is 0.472 e. The number of unbranched alkanes of at least 4 members (excludes halogenated alkanes) is 45. The number of phosphoric acid groups is 1. The molecule has 1 amide bonds. The number of quaternary nitrogens is 1. The van der Waals surface area contributed by atoms with Crippen LogP contribution in [-0.4, -0.2) is 73.4 Å². The summed E-state index contributed by atoms with van der Waals surface area (Å²) >= 11 is 0. The number of allylic oxidation sites excluding steroid dienone is 7. The number of hydrogen-bond donors (Lipinski definition) is 3. The van der Waals surface area contributed by atoms with Gasteiger partial charge in [0.15, 0.2) is 0 Å². The van der Waals surface area contributed by atoms with Crippen molar-refractivity contribution in [2.45, 2.75) is 353 Å². The Kier molecular flexibility index (Phi) is 59.8. The zero-order valence-corrected chi connectivity index (χ0v) is 54.3. The van der Waals surface area contributed by atoms with Gasteiger partial charge in [0.05, 0.1) is 39.9 Å². The predicted molar refractivity (Wildman–Crippen MR) is 346 cm³/mol. The molecule has 0 aliphatic carbocycles. The van der Waals surface area contributed by atoms with Gasteiger partial charge in [0.1, 0.15) is 13.2 Å². The first-order valence-electron chi connectivity index (χ1n) is 34.5. The van der Waals surface area contributed by atoms with Crippen molar-refractivity contribution in [3.63, 3.8) is 0 Å². The van der Waals surface area contributed by atoms with Crippen LogP contribution in [0.2, 0.25) is 0 Å². The molecule has 9 heteroatoms. The number of rotatable bonds is 64. The van der Waals surface area contributed by atoms with Gasteiger partial charge in [0.2, 0.25) is 5.91 Å². The van der Waals surface area contributed by atoms with E-state index in [1.54, 1.807) is 6.08 Å². The summed E-state index contributed by atoms with van der Waals surface area (Å²) in [4.78, 5) is 23.4. The van der Waals surface area contributed by atoms with Gasteiger partial charge in [-0.2, -0.15) is 0 Å². The Morgan fingerprint density at radius 2 is 0.722 bits per heavy atom. The smallest absolute Gasteiger partial charge is 0.387 e. The van der Waals surface area contributed by atoms with Crippen LogP contribution in [0, 0.1) is 0 Å². The van der Waals surface area contributed by atoms with Crippen LogP contribution in [-0.2, 0) is 18.4 Å². The second-order valence-electron chi connectivity index (χ2n) is 24.9. The Morgan fingerprint density at radius 3 is 1.05 bits per heavy atom. The van der Waals surface area contributed by atoms with E-state index in [1.165, 1.54) is 270 Å². The number of carbonyl (C=O) groups is 1. The van der Waals surface area contributed by atoms with Crippen molar-refractivity contribution in [3.05, 3.63) is 48.6 Å². The number of aliphatic hydroxyl groups is 1. The van der Waals surface area contributed by atoms with Gasteiger partial charge in [-0.15, -0.1) is 0 Å². The second kappa shape index (κ2) is 61.0. The first-order chi connectivity index (χ1) is 38.5. The zero-order chi connectivity index (χ0) is 57.7. The van der Waals surface area contributed by atoms with E-state index in [0.717, 1.165) is 51.4 Å². The molecule has 0 spiro atoms. The molecule has 0 aromatic rings. The van der Waals surface area contributed by atoms with Crippen molar-refractivity contribution in [1.29, 1.82) is 0 Å². The van der Waals surface area contributed by atoms with Gasteiger partial charge < -0.3 is 19.8 Å². The molecule has 0 saturated carbocycles. The summed E-state index contributed by atoms with van der Waals surface area (Å²) in [5, 5.41) is 14.0. The van der Waals surface area contributed by atoms with Crippen LogP contribution < -0.4 is 5.32 Å². The van der Waals surface area contributed by atoms with Gasteiger partial charge in [0, 0.05) is 6.42 Å². The van der Waals surface area contributed by atoms with E-state index in [1.807, 2.05) is 27.2 Å². The predicted octanol–water partition coefficient (Wildman–Crippen LogP) is 21.8. The first-order valence-corrected chi connectivity index (χ1v) is 36.0. The molecule has 3 atom stereocenters. The van der Waals surface area contributed by atoms with Crippen molar-refractivity contribution in [2.24, 2.45) is 0 Å². The SMILES string of the molecule is CCCCCCC/C=C\C/C=C\C/C=C\CCCCCCCCCCCCCCCCCCCCCCCCCCCCC(=O)NC(COP(=O)(O)OCC[N+](C)(C)C)C(O)/C=C/CCCCCCCCCCCCCCCC. The number of carbonyl (C=O) groups excluding carboxylic acids is 1. The lowest BCUT2D eigenvalue weighted by atomic mass is 10.0. The van der Waals surface area contributed by atoms with Gasteiger partial charge in [-0.1, -0.05) is 326 Å². The van der Waals surface area contributed by atoms with Crippen molar-refractivity contribution >= 4 is 13.7 Å². The highest BCUT2D eigenvalue weighted by Gasteiger charge is 2.28. The van der Waals surface area contributed by atoms with E-state index >= 15 is 0 Å². The Hall–Kier alpha value is -1.54. The molecule has 0 radical (unpaired) electrons. The van der Waals surface area contributed by atoms with E-state index in [2.05, 4.69) is 55.6 Å². The van der Waals surface area contributed by atoms with Gasteiger partial charge in [-0.05, 0) is 57.8 Å². The number of amides is 1. The number of phosphoric ester groups is 1. The molecule has 3 N–H and O–H groups in total. The summed E-state index contributed by atoms with van der Waals surface area (Å²) in [7, 11) is 1.59. The number of nitrogens with zero attached hydrogens (tertiary/aromatic N) is 1. The summed E-state index contributed by atoms with van der Waals surface area (Å²) in [5.41, 5.74) is 0. The second-order valence-corrected chi connectivity index (χ2v) is 26.4. The summed E-state index contributed by atoms with van der Waals surface area (Å²) in [6, 6.07) is -0.845. The monoisotopic (exact) mass is 1130 g/mol. The van der Waals surface area contributed by atoms with Gasteiger partial charge in [-0.25, -0.2) is 4.57 Å². The van der Waals surface area contributed by atoms with Gasteiger partial charge in [-0.3, -0.25) is 13.8 Å². The lowest BCUT2D eigenvalue weighted by Crippen LogP contribution is -2.45. The van der Waals surface area contributed by atoms with Crippen LogP contribution in [0.15, 0.2) is 48.6 Å². The molecular weight excluding hydrogens is 996 g/mol. The van der Waals surface area contributed by atoms with Crippen LogP contribution in [0.1, 0.15) is 341 Å². The summed E-state index contributed by atoms with van der Waals surface area (Å²) in [5.74, 6) is -0.171. The molecule has 0 aromatic heterocycles. The third kappa shape index (κ3) is 63.9. The molecule has 0 bridgehead atoms. The zero-order valence-electron chi connectivity index (χ0n) is 53.4. The quantitative estimate of drug-likeness (QED) is 0.0243. The Bertz CT molecular complexity index is 1430. The normalized spacial score (nSPS) is 14.0. The molecule has 8 nitrogen and oxygen atoms in total. The van der Waals surface area contributed by atoms with Crippen molar-refractivity contribution < 1.29 is 32.9 Å². The lowest BCUT2D eigenvalue weighted by Gasteiger charge is -2.25. The van der Waals surface area contributed by atoms with E-state index in [9.17, 15) is 19.4 Å². The highest BCUT2D eigenvalue weighted by Crippen LogP contribution is 2.43. The van der Waals surface area contributed by atoms with E-state index in [0.29, 0.717) is 17.4 Å². The van der Waals surface area contributed by atoms with E-state index in [-0.39, 0.29) is 19.1 Å². The average Bonchev–Trinajstić information content (AvgIpc) is 3.42. The molecule has 0 aliphatic rings. The van der Waals surface area contributed by atoms with E-state index < -0.39 is 20.0 Å². The summed E-state index contributed by atoms with van der Waals surface area (Å²) in [6.45, 7) is 4.84. The Balaban J connectivity index is 3.88. The van der Waals surface area contributed by atoms with Gasteiger partial charge in [0.25, 0.3) is 0 Å². The standard InChI is InChI=1S/C70H135N2O6P/c1-6-8-10-12-14-16-18-20-22-24-25-26-27-28-29-30-31-32-33-34-35-36-37-38-39-40-41-42-43-44-45-46-47-48-50-52-54-56-58-60-62-64-70(74)71-68(67-78-79(75,76)77-66-65-72(3,4)5)69(73)63-61-59-57-55-53-51-49-23-21-19-17-15-13-11-9-7-2/h18,20,24-25,27-28,61,63,68-69,73H,6-17,19,21-23,26,29-60,62,64-67H2,1-5H3,(H-,71,74,75,76)/p+1/b20-18-,25-24-,28-27-,63-61+. The first kappa shape index (κ1) is 77.5. The fraction of sp³-hybridized carbons (Fsp3) is 0.871. The number of likely N-dealkylation sites (N-methyl/N-ethyl adjacent to an activating group) is 1. The maximum absolute atomic E-state index is 13.0. The summed E-state index contributed by atoms with van der Waals surface area (Å²) in [6.07, 6.45) is 82.7. The lowest BCUT2D eigenvalue weighted by molar-refractivity contribution is -0.870. The minimum absolute atomic E-state index is 0.0634. The molecule has 0 rings (SSSR count). The van der Waals surface area contributed by atoms with Crippen LogP contribution in [0.3, 0.4) is 0 Å². The number of aliphatic hydroxyl groups excluding tert-OH is 1. The molecule has 0 aromatic carbocycles. The number of hydrogen-bond acceptors (Lipinski definition) is 5. The van der Waals surface area contributed by atoms with Gasteiger partial charge >= 0.3 is 7.82 Å². The fourth-order valence-electron chi connectivity index (χ4n) is 10.4. The van der Waals surface area contributed by atoms with Crippen LogP contribution in [0.5, 0.6) is 0 Å². The molecule has 79 heavy (non-hydrogen) atoms. The molecule has 0 saturated heterocycles. The topological polar surface area (TPSA) is 105 Å². The van der Waals surface area contributed by atoms with Crippen molar-refractivity contribution in [2.75, 3.05) is 40.9 Å². The Morgan fingerprint density at radius 1 is 0.430 bits per heavy atom. The van der Waals surface area contributed by atoms with Crippen LogP contribution in [0.25, 0.3) is 0 Å². The average molecular weight is 1130 g/mol. The van der Waals surface area contributed by atoms with Crippen molar-refractivity contribution in [3.8, 4) is 0 Å².